The third-order valence-corrected chi connectivity index (χ3v) is 3.17. The summed E-state index contributed by atoms with van der Waals surface area (Å²) in [5.41, 5.74) is 10.2. The first-order valence-electron chi connectivity index (χ1n) is 6.12. The Bertz CT molecular complexity index is 462. The van der Waals surface area contributed by atoms with Crippen molar-refractivity contribution in [1.29, 1.82) is 0 Å². The van der Waals surface area contributed by atoms with Crippen molar-refractivity contribution < 1.29 is 0 Å². The summed E-state index contributed by atoms with van der Waals surface area (Å²) in [5, 5.41) is 0. The predicted molar refractivity (Wildman–Crippen MR) is 72.9 cm³/mol. The molecular formula is C16H19N. The van der Waals surface area contributed by atoms with E-state index in [1.807, 2.05) is 6.07 Å². The number of nitrogens with two attached hydrogens (primary N) is 1. The van der Waals surface area contributed by atoms with Gasteiger partial charge in [-0.2, -0.15) is 0 Å². The molecule has 0 spiro atoms. The van der Waals surface area contributed by atoms with Crippen molar-refractivity contribution in [1.82, 2.24) is 0 Å². The number of benzene rings is 2. The number of hydrogen-bond donors (Lipinski definition) is 1. The summed E-state index contributed by atoms with van der Waals surface area (Å²) in [5.74, 6) is 0. The van der Waals surface area contributed by atoms with Crippen molar-refractivity contribution >= 4 is 0 Å². The zero-order valence-electron chi connectivity index (χ0n) is 10.3. The van der Waals surface area contributed by atoms with Gasteiger partial charge in [-0.1, -0.05) is 54.6 Å². The fourth-order valence-corrected chi connectivity index (χ4v) is 2.13. The molecule has 0 saturated heterocycles. The Labute approximate surface area is 103 Å². The van der Waals surface area contributed by atoms with E-state index in [4.69, 9.17) is 5.73 Å². The molecule has 0 saturated carbocycles. The van der Waals surface area contributed by atoms with Crippen LogP contribution in [0.25, 0.3) is 0 Å². The smallest absolute Gasteiger partial charge is 0.0300 e. The fraction of sp³-hybridized carbons (Fsp3) is 0.250. The van der Waals surface area contributed by atoms with Crippen LogP contribution in [-0.2, 0) is 6.42 Å². The summed E-state index contributed by atoms with van der Waals surface area (Å²) in [4.78, 5) is 0. The van der Waals surface area contributed by atoms with Crippen LogP contribution < -0.4 is 5.73 Å². The first-order chi connectivity index (χ1) is 8.27. The first-order valence-corrected chi connectivity index (χ1v) is 6.12. The predicted octanol–water partition coefficient (Wildman–Crippen LogP) is 3.63. The molecule has 2 aromatic rings. The Morgan fingerprint density at radius 2 is 1.59 bits per heavy atom. The molecule has 1 heteroatoms. The molecule has 1 unspecified atom stereocenters. The maximum Gasteiger partial charge on any atom is 0.0300 e. The monoisotopic (exact) mass is 225 g/mol. The Morgan fingerprint density at radius 3 is 2.29 bits per heavy atom. The number of rotatable bonds is 4. The van der Waals surface area contributed by atoms with E-state index >= 15 is 0 Å². The highest BCUT2D eigenvalue weighted by molar-refractivity contribution is 5.28. The molecule has 0 aliphatic carbocycles. The van der Waals surface area contributed by atoms with Crippen molar-refractivity contribution in [3.05, 3.63) is 71.3 Å². The maximum atomic E-state index is 6.24. The largest absolute Gasteiger partial charge is 0.324 e. The number of aryl methyl sites for hydroxylation is 2. The van der Waals surface area contributed by atoms with Gasteiger partial charge in [-0.3, -0.25) is 0 Å². The topological polar surface area (TPSA) is 26.0 Å². The van der Waals surface area contributed by atoms with Gasteiger partial charge in [0.25, 0.3) is 0 Å². The molecule has 0 aliphatic heterocycles. The normalized spacial score (nSPS) is 12.4. The Kier molecular flexibility index (Phi) is 3.94. The van der Waals surface area contributed by atoms with Crippen molar-refractivity contribution in [2.45, 2.75) is 25.8 Å². The summed E-state index contributed by atoms with van der Waals surface area (Å²) < 4.78 is 0. The van der Waals surface area contributed by atoms with Crippen LogP contribution >= 0.6 is 0 Å². The molecule has 0 bridgehead atoms. The maximum absolute atomic E-state index is 6.24. The van der Waals surface area contributed by atoms with Crippen LogP contribution in [-0.4, -0.2) is 0 Å². The van der Waals surface area contributed by atoms with E-state index < -0.39 is 0 Å². The van der Waals surface area contributed by atoms with E-state index in [0.717, 1.165) is 12.8 Å². The van der Waals surface area contributed by atoms with Crippen molar-refractivity contribution in [3.8, 4) is 0 Å². The van der Waals surface area contributed by atoms with E-state index in [1.165, 1.54) is 16.7 Å². The van der Waals surface area contributed by atoms with E-state index in [1.54, 1.807) is 0 Å². The summed E-state index contributed by atoms with van der Waals surface area (Å²) in [6.45, 7) is 2.12. The molecule has 88 valence electrons. The summed E-state index contributed by atoms with van der Waals surface area (Å²) in [7, 11) is 0. The van der Waals surface area contributed by atoms with Crippen molar-refractivity contribution in [2.75, 3.05) is 0 Å². The van der Waals surface area contributed by atoms with E-state index in [-0.39, 0.29) is 6.04 Å². The molecule has 2 N–H and O–H groups in total. The lowest BCUT2D eigenvalue weighted by molar-refractivity contribution is 0.648. The number of hydrogen-bond acceptors (Lipinski definition) is 1. The third-order valence-electron chi connectivity index (χ3n) is 3.17. The molecule has 0 aromatic heterocycles. The van der Waals surface area contributed by atoms with Crippen LogP contribution in [0.1, 0.15) is 29.2 Å². The highest BCUT2D eigenvalue weighted by Gasteiger charge is 2.08. The molecule has 0 heterocycles. The highest BCUT2D eigenvalue weighted by Crippen LogP contribution is 2.19. The van der Waals surface area contributed by atoms with Gasteiger partial charge in [0.05, 0.1) is 0 Å². The fourth-order valence-electron chi connectivity index (χ4n) is 2.13. The SMILES string of the molecule is Cc1ccccc1C(N)CCc1ccccc1. The first kappa shape index (κ1) is 11.9. The third kappa shape index (κ3) is 3.18. The van der Waals surface area contributed by atoms with Crippen LogP contribution in [0.4, 0.5) is 0 Å². The van der Waals surface area contributed by atoms with Gasteiger partial charge < -0.3 is 5.73 Å². The lowest BCUT2D eigenvalue weighted by atomic mass is 9.96. The van der Waals surface area contributed by atoms with E-state index in [9.17, 15) is 0 Å². The average Bonchev–Trinajstić information content (AvgIpc) is 2.38. The summed E-state index contributed by atoms with van der Waals surface area (Å²) >= 11 is 0. The molecule has 1 nitrogen and oxygen atoms in total. The van der Waals surface area contributed by atoms with Gasteiger partial charge in [0, 0.05) is 6.04 Å². The second-order valence-corrected chi connectivity index (χ2v) is 4.49. The van der Waals surface area contributed by atoms with Gasteiger partial charge in [-0.15, -0.1) is 0 Å². The molecule has 0 aliphatic rings. The van der Waals surface area contributed by atoms with Crippen molar-refractivity contribution in [3.63, 3.8) is 0 Å². The minimum absolute atomic E-state index is 0.136. The lowest BCUT2D eigenvalue weighted by Gasteiger charge is -2.14. The second kappa shape index (κ2) is 5.65. The van der Waals surface area contributed by atoms with Crippen LogP contribution in [0.15, 0.2) is 54.6 Å². The minimum atomic E-state index is 0.136. The van der Waals surface area contributed by atoms with Gasteiger partial charge in [0.2, 0.25) is 0 Å². The average molecular weight is 225 g/mol. The van der Waals surface area contributed by atoms with Crippen LogP contribution in [0, 0.1) is 6.92 Å². The zero-order valence-corrected chi connectivity index (χ0v) is 10.3. The Hall–Kier alpha value is -1.60. The van der Waals surface area contributed by atoms with Crippen molar-refractivity contribution in [2.24, 2.45) is 5.73 Å². The summed E-state index contributed by atoms with van der Waals surface area (Å²) in [6.07, 6.45) is 2.03. The molecule has 0 radical (unpaired) electrons. The molecular weight excluding hydrogens is 206 g/mol. The van der Waals surface area contributed by atoms with Gasteiger partial charge in [0.1, 0.15) is 0 Å². The van der Waals surface area contributed by atoms with Crippen LogP contribution in [0.3, 0.4) is 0 Å². The van der Waals surface area contributed by atoms with E-state index in [0.29, 0.717) is 0 Å². The van der Waals surface area contributed by atoms with Gasteiger partial charge in [-0.25, -0.2) is 0 Å². The quantitative estimate of drug-likeness (QED) is 0.845. The Balaban J connectivity index is 1.99. The molecule has 1 atom stereocenters. The zero-order chi connectivity index (χ0) is 12.1. The molecule has 2 aromatic carbocycles. The van der Waals surface area contributed by atoms with Gasteiger partial charge >= 0.3 is 0 Å². The lowest BCUT2D eigenvalue weighted by Crippen LogP contribution is -2.12. The molecule has 0 fully saturated rings. The highest BCUT2D eigenvalue weighted by atomic mass is 14.6. The van der Waals surface area contributed by atoms with Crippen LogP contribution in [0.2, 0.25) is 0 Å². The van der Waals surface area contributed by atoms with E-state index in [2.05, 4.69) is 55.5 Å². The summed E-state index contributed by atoms with van der Waals surface area (Å²) in [6, 6.07) is 19.0. The molecule has 2 rings (SSSR count). The molecule has 0 amide bonds. The van der Waals surface area contributed by atoms with Crippen LogP contribution in [0.5, 0.6) is 0 Å². The minimum Gasteiger partial charge on any atom is -0.324 e. The van der Waals surface area contributed by atoms with Gasteiger partial charge in [-0.05, 0) is 36.5 Å². The molecule has 17 heavy (non-hydrogen) atoms. The standard InChI is InChI=1S/C16H19N/c1-13-7-5-6-10-15(13)16(17)12-11-14-8-3-2-4-9-14/h2-10,16H,11-12,17H2,1H3. The Morgan fingerprint density at radius 1 is 0.941 bits per heavy atom. The van der Waals surface area contributed by atoms with Gasteiger partial charge in [0.15, 0.2) is 0 Å². The second-order valence-electron chi connectivity index (χ2n) is 4.49.